The third-order valence-corrected chi connectivity index (χ3v) is 10.6. The highest BCUT2D eigenvalue weighted by Gasteiger charge is 2.39. The van der Waals surface area contributed by atoms with Gasteiger partial charge in [-0.2, -0.15) is 27.1 Å². The Kier molecular flexibility index (Phi) is 12.0. The second kappa shape index (κ2) is 16.5. The molecule has 3 amide bonds. The number of halogens is 8. The van der Waals surface area contributed by atoms with E-state index in [0.29, 0.717) is 30.9 Å². The SMILES string of the molecule is Cn1c(-c2ccc(-c3cn(CCOC(F)F)nc3C(F)(F)F)c(F)c2F)cnc1C(=O)Nc1ccc(C(=O)N2CCN(C(=O)C3CC[N+](C)(C)CC3)CC2)c(Cl)c1. The minimum atomic E-state index is -5.10. The molecular formula is C37H39ClF7N8O4+. The average molecular weight is 828 g/mol. The third-order valence-electron chi connectivity index (χ3n) is 10.3. The molecule has 0 radical (unpaired) electrons. The van der Waals surface area contributed by atoms with Gasteiger partial charge in [0.1, 0.15) is 0 Å². The maximum Gasteiger partial charge on any atom is 0.435 e. The summed E-state index contributed by atoms with van der Waals surface area (Å²) in [4.78, 5) is 47.2. The van der Waals surface area contributed by atoms with Crippen LogP contribution in [0.15, 0.2) is 42.7 Å². The Morgan fingerprint density at radius 3 is 2.23 bits per heavy atom. The smallest absolute Gasteiger partial charge is 0.339 e. The summed E-state index contributed by atoms with van der Waals surface area (Å²) in [5.74, 6) is -4.45. The second-order valence-corrected chi connectivity index (χ2v) is 14.9. The number of piperazine rings is 1. The Morgan fingerprint density at radius 2 is 1.60 bits per heavy atom. The van der Waals surface area contributed by atoms with Crippen LogP contribution in [0.3, 0.4) is 0 Å². The molecule has 0 bridgehead atoms. The molecule has 57 heavy (non-hydrogen) atoms. The number of alkyl halides is 5. The number of carbonyl (C=O) groups excluding carboxylic acids is 3. The number of ether oxygens (including phenoxy) is 1. The summed E-state index contributed by atoms with van der Waals surface area (Å²) >= 11 is 6.49. The molecule has 2 aliphatic rings. The number of nitrogens with zero attached hydrogens (tertiary/aromatic N) is 7. The molecule has 2 aromatic heterocycles. The fourth-order valence-electron chi connectivity index (χ4n) is 7.03. The summed E-state index contributed by atoms with van der Waals surface area (Å²) in [5.41, 5.74) is -3.32. The van der Waals surface area contributed by atoms with Gasteiger partial charge < -0.3 is 28.9 Å². The van der Waals surface area contributed by atoms with Crippen molar-refractivity contribution < 1.29 is 54.3 Å². The first-order chi connectivity index (χ1) is 26.8. The fraction of sp³-hybridized carbons (Fsp3) is 0.432. The quantitative estimate of drug-likeness (QED) is 0.151. The summed E-state index contributed by atoms with van der Waals surface area (Å²) in [5, 5.41) is 5.97. The number of hydrogen-bond acceptors (Lipinski definition) is 6. The van der Waals surface area contributed by atoms with Gasteiger partial charge in [-0.05, 0) is 24.3 Å². The van der Waals surface area contributed by atoms with Gasteiger partial charge >= 0.3 is 12.8 Å². The Balaban J connectivity index is 1.11. The number of aromatic nitrogens is 4. The molecule has 2 aromatic carbocycles. The monoisotopic (exact) mass is 827 g/mol. The molecular weight excluding hydrogens is 789 g/mol. The lowest BCUT2D eigenvalue weighted by Gasteiger charge is -2.40. The minimum Gasteiger partial charge on any atom is -0.339 e. The van der Waals surface area contributed by atoms with Gasteiger partial charge in [-0.1, -0.05) is 17.7 Å². The maximum absolute atomic E-state index is 15.5. The predicted molar refractivity (Wildman–Crippen MR) is 193 cm³/mol. The predicted octanol–water partition coefficient (Wildman–Crippen LogP) is 6.16. The summed E-state index contributed by atoms with van der Waals surface area (Å²) in [7, 11) is 5.65. The van der Waals surface area contributed by atoms with Gasteiger partial charge in [-0.3, -0.25) is 19.1 Å². The van der Waals surface area contributed by atoms with Crippen LogP contribution in [-0.2, 0) is 29.3 Å². The van der Waals surface area contributed by atoms with E-state index in [9.17, 15) is 36.3 Å². The van der Waals surface area contributed by atoms with Crippen molar-refractivity contribution in [3.8, 4) is 22.4 Å². The Morgan fingerprint density at radius 1 is 0.965 bits per heavy atom. The summed E-state index contributed by atoms with van der Waals surface area (Å²) < 4.78 is 104. The van der Waals surface area contributed by atoms with Crippen molar-refractivity contribution >= 4 is 35.0 Å². The first-order valence-electron chi connectivity index (χ1n) is 17.9. The maximum atomic E-state index is 15.5. The number of imidazole rings is 1. The summed E-state index contributed by atoms with van der Waals surface area (Å²) in [6, 6.07) is 6.19. The lowest BCUT2D eigenvalue weighted by Crippen LogP contribution is -2.54. The van der Waals surface area contributed by atoms with Crippen LogP contribution in [-0.4, -0.2) is 118 Å². The van der Waals surface area contributed by atoms with E-state index < -0.39 is 65.9 Å². The van der Waals surface area contributed by atoms with Crippen LogP contribution >= 0.6 is 11.6 Å². The zero-order chi connectivity index (χ0) is 41.4. The molecule has 0 atom stereocenters. The van der Waals surface area contributed by atoms with Gasteiger partial charge in [0.25, 0.3) is 11.8 Å². The van der Waals surface area contributed by atoms with Crippen LogP contribution in [0.5, 0.6) is 0 Å². The van der Waals surface area contributed by atoms with Crippen molar-refractivity contribution in [2.24, 2.45) is 13.0 Å². The number of piperidine rings is 1. The van der Waals surface area contributed by atoms with E-state index in [1.807, 2.05) is 4.90 Å². The zero-order valence-electron chi connectivity index (χ0n) is 31.1. The number of carbonyl (C=O) groups is 3. The molecule has 20 heteroatoms. The summed E-state index contributed by atoms with van der Waals surface area (Å²) in [6.07, 6.45) is -1.61. The number of quaternary nitrogens is 1. The van der Waals surface area contributed by atoms with E-state index in [4.69, 9.17) is 11.6 Å². The highest BCUT2D eigenvalue weighted by atomic mass is 35.5. The molecule has 12 nitrogen and oxygen atoms in total. The van der Waals surface area contributed by atoms with Crippen molar-refractivity contribution in [3.63, 3.8) is 0 Å². The van der Waals surface area contributed by atoms with Gasteiger partial charge in [0.05, 0.1) is 62.8 Å². The van der Waals surface area contributed by atoms with Gasteiger partial charge in [-0.25, -0.2) is 13.8 Å². The van der Waals surface area contributed by atoms with Crippen molar-refractivity contribution in [2.45, 2.75) is 32.2 Å². The fourth-order valence-corrected chi connectivity index (χ4v) is 7.29. The molecule has 4 aromatic rings. The van der Waals surface area contributed by atoms with Crippen LogP contribution in [0, 0.1) is 17.6 Å². The topological polar surface area (TPSA) is 115 Å². The third kappa shape index (κ3) is 9.10. The number of anilines is 1. The van der Waals surface area contributed by atoms with Crippen LogP contribution in [0.2, 0.25) is 5.02 Å². The first kappa shape index (κ1) is 41.6. The van der Waals surface area contributed by atoms with Crippen molar-refractivity contribution in [2.75, 3.05) is 65.3 Å². The van der Waals surface area contributed by atoms with Crippen LogP contribution in [0.25, 0.3) is 22.4 Å². The molecule has 2 saturated heterocycles. The zero-order valence-corrected chi connectivity index (χ0v) is 31.8. The van der Waals surface area contributed by atoms with E-state index in [1.54, 1.807) is 4.90 Å². The van der Waals surface area contributed by atoms with Crippen molar-refractivity contribution in [3.05, 3.63) is 76.5 Å². The van der Waals surface area contributed by atoms with Crippen molar-refractivity contribution in [1.29, 1.82) is 0 Å². The van der Waals surface area contributed by atoms with Crippen LogP contribution in [0.1, 0.15) is 39.5 Å². The normalized spacial score (nSPS) is 16.4. The Bertz CT molecular complexity index is 2160. The first-order valence-corrected chi connectivity index (χ1v) is 18.3. The second-order valence-electron chi connectivity index (χ2n) is 14.5. The lowest BCUT2D eigenvalue weighted by atomic mass is 9.94. The number of nitrogens with one attached hydrogen (secondary N) is 1. The van der Waals surface area contributed by atoms with Gasteiger partial charge in [0.2, 0.25) is 5.91 Å². The number of hydrogen-bond donors (Lipinski definition) is 1. The molecule has 0 spiro atoms. The number of likely N-dealkylation sites (tertiary alicyclic amines) is 1. The Hall–Kier alpha value is -5.01. The molecule has 0 saturated carbocycles. The molecule has 1 N–H and O–H groups in total. The van der Waals surface area contributed by atoms with Gasteiger partial charge in [-0.15, -0.1) is 0 Å². The lowest BCUT2D eigenvalue weighted by molar-refractivity contribution is -0.895. The molecule has 2 aliphatic heterocycles. The molecule has 0 aliphatic carbocycles. The highest BCUT2D eigenvalue weighted by Crippen LogP contribution is 2.39. The molecule has 0 unspecified atom stereocenters. The average Bonchev–Trinajstić information content (AvgIpc) is 3.76. The van der Waals surface area contributed by atoms with E-state index in [0.717, 1.165) is 59.5 Å². The molecule has 4 heterocycles. The molecule has 306 valence electrons. The number of benzene rings is 2. The largest absolute Gasteiger partial charge is 0.435 e. The minimum absolute atomic E-state index is 0.0104. The summed E-state index contributed by atoms with van der Waals surface area (Å²) in [6.45, 7) is -1.02. The van der Waals surface area contributed by atoms with Crippen LogP contribution < -0.4 is 5.32 Å². The standard InChI is InChI=1S/C37H38ClF7N8O4/c1-49-28(25-7-6-23(29(39)30(25)40)26-20-52(14-17-57-36(41)42)48-31(26)37(43,44)45)19-46-32(49)33(54)47-22-4-5-24(27(38)18-22)35(56)51-12-10-50(11-13-51)34(55)21-8-15-53(2,3)16-9-21/h4-7,18-21,36H,8-17H2,1-3H3/p+1. The number of rotatable bonds is 10. The van der Waals surface area contributed by atoms with Gasteiger partial charge in [0, 0.05) is 80.6 Å². The van der Waals surface area contributed by atoms with E-state index in [1.165, 1.54) is 25.2 Å². The van der Waals surface area contributed by atoms with E-state index >= 15 is 8.78 Å². The Labute approximate surface area is 327 Å². The molecule has 2 fully saturated rings. The van der Waals surface area contributed by atoms with E-state index in [2.05, 4.69) is 34.2 Å². The number of amides is 3. The highest BCUT2D eigenvalue weighted by molar-refractivity contribution is 6.34. The molecule has 6 rings (SSSR count). The van der Waals surface area contributed by atoms with Crippen LogP contribution in [0.4, 0.5) is 36.4 Å². The van der Waals surface area contributed by atoms with E-state index in [-0.39, 0.29) is 45.5 Å². The van der Waals surface area contributed by atoms with Crippen molar-refractivity contribution in [1.82, 2.24) is 29.1 Å². The van der Waals surface area contributed by atoms with Gasteiger partial charge in [0.15, 0.2) is 23.2 Å².